The standard InChI is InChI=1S/C22H25N7O5/c1-13-7-18(27-34-13)21-24-25-22-19(32-2)8-20(26-29(21)22)33-12-15-4-3-14-9-28(10-16(31)11-30)6-5-17(14)23-15/h3-4,7-8,16,30-31H,5-6,9-12H2,1-2H3/t16-/m0/s1. The van der Waals surface area contributed by atoms with E-state index in [-0.39, 0.29) is 13.2 Å². The lowest BCUT2D eigenvalue weighted by Gasteiger charge is -2.29. The van der Waals surface area contributed by atoms with Crippen LogP contribution in [0.25, 0.3) is 17.2 Å². The van der Waals surface area contributed by atoms with Gasteiger partial charge < -0.3 is 24.2 Å². The number of β-amino-alcohol motifs (C(OH)–C–C–N with tert-alkyl or cyclic N) is 1. The van der Waals surface area contributed by atoms with Crippen molar-refractivity contribution in [3.8, 4) is 23.1 Å². The van der Waals surface area contributed by atoms with Crippen LogP contribution in [0, 0.1) is 6.92 Å². The molecule has 2 N–H and O–H groups in total. The number of aromatic nitrogens is 6. The smallest absolute Gasteiger partial charge is 0.236 e. The van der Waals surface area contributed by atoms with Crippen molar-refractivity contribution < 1.29 is 24.2 Å². The lowest BCUT2D eigenvalue weighted by atomic mass is 10.0. The Labute approximate surface area is 194 Å². The van der Waals surface area contributed by atoms with Crippen LogP contribution in [-0.4, -0.2) is 78.0 Å². The van der Waals surface area contributed by atoms with Gasteiger partial charge in [0.15, 0.2) is 11.4 Å². The topological polar surface area (TPSA) is 144 Å². The molecule has 0 bridgehead atoms. The van der Waals surface area contributed by atoms with Crippen molar-refractivity contribution in [2.24, 2.45) is 0 Å². The van der Waals surface area contributed by atoms with Crippen LogP contribution in [0.4, 0.5) is 0 Å². The van der Waals surface area contributed by atoms with Gasteiger partial charge in [-0.15, -0.1) is 15.3 Å². The quantitative estimate of drug-likeness (QED) is 0.379. The van der Waals surface area contributed by atoms with Gasteiger partial charge in [0, 0.05) is 43.9 Å². The third-order valence-corrected chi connectivity index (χ3v) is 5.62. The summed E-state index contributed by atoms with van der Waals surface area (Å²) in [6.07, 6.45) is 0.0316. The zero-order valence-electron chi connectivity index (χ0n) is 18.9. The first-order chi connectivity index (χ1) is 16.5. The van der Waals surface area contributed by atoms with E-state index in [1.165, 1.54) is 4.52 Å². The molecular formula is C22H25N7O5. The van der Waals surface area contributed by atoms with Gasteiger partial charge >= 0.3 is 0 Å². The van der Waals surface area contributed by atoms with Gasteiger partial charge in [-0.2, -0.15) is 4.52 Å². The fraction of sp³-hybridized carbons (Fsp3) is 0.409. The number of pyridine rings is 1. The molecule has 4 aromatic rings. The Hall–Kier alpha value is -3.61. The number of aliphatic hydroxyl groups is 2. The largest absolute Gasteiger partial charge is 0.493 e. The molecule has 0 fully saturated rings. The van der Waals surface area contributed by atoms with Gasteiger partial charge in [-0.25, -0.2) is 0 Å². The van der Waals surface area contributed by atoms with E-state index >= 15 is 0 Å². The molecule has 5 rings (SSSR count). The highest BCUT2D eigenvalue weighted by atomic mass is 16.5. The third-order valence-electron chi connectivity index (χ3n) is 5.62. The number of nitrogens with zero attached hydrogens (tertiary/aromatic N) is 7. The van der Waals surface area contributed by atoms with Crippen LogP contribution in [0.3, 0.4) is 0 Å². The van der Waals surface area contributed by atoms with E-state index in [2.05, 4.69) is 25.4 Å². The van der Waals surface area contributed by atoms with Crippen LogP contribution in [0.5, 0.6) is 11.6 Å². The SMILES string of the molecule is COc1cc(OCc2ccc3c(n2)CCN(C[C@H](O)CO)C3)nn2c(-c3cc(C)on3)nnc12. The van der Waals surface area contributed by atoms with Crippen LogP contribution < -0.4 is 9.47 Å². The predicted octanol–water partition coefficient (Wildman–Crippen LogP) is 0.782. The summed E-state index contributed by atoms with van der Waals surface area (Å²) in [4.78, 5) is 6.86. The second-order valence-electron chi connectivity index (χ2n) is 8.15. The molecule has 0 spiro atoms. The third kappa shape index (κ3) is 4.42. The zero-order valence-corrected chi connectivity index (χ0v) is 18.9. The molecule has 0 saturated carbocycles. The predicted molar refractivity (Wildman–Crippen MR) is 118 cm³/mol. The summed E-state index contributed by atoms with van der Waals surface area (Å²) in [6, 6.07) is 7.36. The second kappa shape index (κ2) is 9.33. The summed E-state index contributed by atoms with van der Waals surface area (Å²) in [5.74, 6) is 1.86. The molecule has 12 nitrogen and oxygen atoms in total. The molecule has 34 heavy (non-hydrogen) atoms. The van der Waals surface area contributed by atoms with Gasteiger partial charge in [0.25, 0.3) is 0 Å². The summed E-state index contributed by atoms with van der Waals surface area (Å²) in [6.45, 7) is 3.68. The van der Waals surface area contributed by atoms with Crippen molar-refractivity contribution in [3.05, 3.63) is 47.0 Å². The summed E-state index contributed by atoms with van der Waals surface area (Å²) in [5, 5.41) is 35.6. The Morgan fingerprint density at radius 3 is 2.88 bits per heavy atom. The first-order valence-corrected chi connectivity index (χ1v) is 10.9. The van der Waals surface area contributed by atoms with Crippen molar-refractivity contribution >= 4 is 5.65 Å². The molecule has 0 aliphatic carbocycles. The molecule has 1 aliphatic rings. The molecule has 0 aromatic carbocycles. The number of ether oxygens (including phenoxy) is 2. The van der Waals surface area contributed by atoms with E-state index in [1.807, 2.05) is 12.1 Å². The molecule has 1 aliphatic heterocycles. The average Bonchev–Trinajstić information content (AvgIpc) is 3.47. The number of hydrogen-bond acceptors (Lipinski definition) is 11. The van der Waals surface area contributed by atoms with Gasteiger partial charge in [0.2, 0.25) is 17.4 Å². The first kappa shape index (κ1) is 22.2. The summed E-state index contributed by atoms with van der Waals surface area (Å²) in [5.41, 5.74) is 3.85. The molecule has 0 unspecified atom stereocenters. The fourth-order valence-corrected chi connectivity index (χ4v) is 3.94. The summed E-state index contributed by atoms with van der Waals surface area (Å²) in [7, 11) is 1.54. The maximum absolute atomic E-state index is 9.70. The lowest BCUT2D eigenvalue weighted by molar-refractivity contribution is 0.0548. The average molecular weight is 467 g/mol. The maximum Gasteiger partial charge on any atom is 0.236 e. The normalized spacial score (nSPS) is 14.8. The number of fused-ring (bicyclic) bond motifs is 2. The van der Waals surface area contributed by atoms with Crippen LogP contribution in [0.15, 0.2) is 28.8 Å². The van der Waals surface area contributed by atoms with Crippen molar-refractivity contribution in [3.63, 3.8) is 0 Å². The Morgan fingerprint density at radius 1 is 1.24 bits per heavy atom. The van der Waals surface area contributed by atoms with Crippen LogP contribution >= 0.6 is 0 Å². The van der Waals surface area contributed by atoms with Crippen molar-refractivity contribution in [2.75, 3.05) is 26.8 Å². The highest BCUT2D eigenvalue weighted by molar-refractivity contribution is 5.60. The van der Waals surface area contributed by atoms with Gasteiger partial charge in [0.05, 0.1) is 25.5 Å². The van der Waals surface area contributed by atoms with E-state index < -0.39 is 6.10 Å². The maximum atomic E-state index is 9.70. The van der Waals surface area contributed by atoms with Crippen LogP contribution in [0.1, 0.15) is 22.7 Å². The minimum atomic E-state index is -0.733. The van der Waals surface area contributed by atoms with Gasteiger partial charge in [-0.05, 0) is 18.6 Å². The number of aryl methyl sites for hydroxylation is 1. The Bertz CT molecular complexity index is 1300. The summed E-state index contributed by atoms with van der Waals surface area (Å²) >= 11 is 0. The van der Waals surface area contributed by atoms with E-state index in [1.54, 1.807) is 26.2 Å². The number of methoxy groups -OCH3 is 1. The lowest BCUT2D eigenvalue weighted by Crippen LogP contribution is -2.38. The fourth-order valence-electron chi connectivity index (χ4n) is 3.94. The van der Waals surface area contributed by atoms with E-state index in [0.29, 0.717) is 47.6 Å². The van der Waals surface area contributed by atoms with Crippen molar-refractivity contribution in [1.29, 1.82) is 0 Å². The minimum Gasteiger partial charge on any atom is -0.493 e. The molecule has 4 aromatic heterocycles. The minimum absolute atomic E-state index is 0.225. The number of hydrogen-bond donors (Lipinski definition) is 2. The second-order valence-corrected chi connectivity index (χ2v) is 8.15. The molecule has 1 atom stereocenters. The molecule has 5 heterocycles. The number of rotatable bonds is 8. The van der Waals surface area contributed by atoms with Crippen LogP contribution in [0.2, 0.25) is 0 Å². The Kier molecular flexibility index (Phi) is 6.09. The van der Waals surface area contributed by atoms with Gasteiger partial charge in [0.1, 0.15) is 12.4 Å². The molecule has 12 heteroatoms. The van der Waals surface area contributed by atoms with Crippen LogP contribution in [-0.2, 0) is 19.6 Å². The summed E-state index contributed by atoms with van der Waals surface area (Å²) < 4.78 is 18.1. The zero-order chi connectivity index (χ0) is 23.7. The highest BCUT2D eigenvalue weighted by Gasteiger charge is 2.21. The highest BCUT2D eigenvalue weighted by Crippen LogP contribution is 2.26. The molecular weight excluding hydrogens is 442 g/mol. The van der Waals surface area contributed by atoms with Crippen molar-refractivity contribution in [2.45, 2.75) is 32.6 Å². The molecule has 0 radical (unpaired) electrons. The Balaban J connectivity index is 1.33. The monoisotopic (exact) mass is 467 g/mol. The molecule has 178 valence electrons. The van der Waals surface area contributed by atoms with Gasteiger partial charge in [-0.1, -0.05) is 11.2 Å². The van der Waals surface area contributed by atoms with Gasteiger partial charge in [-0.3, -0.25) is 9.88 Å². The molecule has 0 amide bonds. The molecule has 0 saturated heterocycles. The van der Waals surface area contributed by atoms with E-state index in [4.69, 9.17) is 24.1 Å². The van der Waals surface area contributed by atoms with Crippen molar-refractivity contribution in [1.82, 2.24) is 34.9 Å². The number of aliphatic hydroxyl groups excluding tert-OH is 2. The van der Waals surface area contributed by atoms with E-state index in [9.17, 15) is 5.11 Å². The van der Waals surface area contributed by atoms with E-state index in [0.717, 1.165) is 29.9 Å². The first-order valence-electron chi connectivity index (χ1n) is 10.9. The Morgan fingerprint density at radius 2 is 2.12 bits per heavy atom.